The Hall–Kier alpha value is -2.20. The van der Waals surface area contributed by atoms with Gasteiger partial charge in [0.1, 0.15) is 5.82 Å². The van der Waals surface area contributed by atoms with E-state index in [-0.39, 0.29) is 25.5 Å². The molecule has 3 amide bonds. The highest BCUT2D eigenvalue weighted by Crippen LogP contribution is 2.22. The van der Waals surface area contributed by atoms with Crippen molar-refractivity contribution in [3.8, 4) is 0 Å². The number of para-hydroxylation sites is 1. The standard InChI is InChI=1S/C14H17FN4O4S/c15-10-3-1-2-4-11(10)18-5-7-19(8-6-18)24(22,23)12-9-16-14(21)17-13(12)20/h1-4,12H,5-9H2,(H2,16,17,20,21). The molecule has 0 aromatic heterocycles. The van der Waals surface area contributed by atoms with Crippen LogP contribution >= 0.6 is 0 Å². The van der Waals surface area contributed by atoms with E-state index < -0.39 is 27.2 Å². The highest BCUT2D eigenvalue weighted by molar-refractivity contribution is 7.90. The maximum atomic E-state index is 13.8. The van der Waals surface area contributed by atoms with Gasteiger partial charge in [0, 0.05) is 32.7 Å². The molecule has 2 saturated heterocycles. The summed E-state index contributed by atoms with van der Waals surface area (Å²) in [5, 5.41) is 2.94. The number of carbonyl (C=O) groups is 2. The molecule has 0 bridgehead atoms. The zero-order valence-electron chi connectivity index (χ0n) is 12.7. The lowest BCUT2D eigenvalue weighted by molar-refractivity contribution is -0.120. The van der Waals surface area contributed by atoms with Crippen molar-refractivity contribution in [2.24, 2.45) is 0 Å². The average molecular weight is 356 g/mol. The second-order valence-electron chi connectivity index (χ2n) is 5.57. The molecule has 2 aliphatic heterocycles. The van der Waals surface area contributed by atoms with Gasteiger partial charge in [-0.25, -0.2) is 17.6 Å². The minimum atomic E-state index is -3.89. The van der Waals surface area contributed by atoms with E-state index in [1.165, 1.54) is 10.4 Å². The summed E-state index contributed by atoms with van der Waals surface area (Å²) in [6, 6.07) is 5.61. The van der Waals surface area contributed by atoms with Crippen LogP contribution in [0.5, 0.6) is 0 Å². The third-order valence-electron chi connectivity index (χ3n) is 4.13. The Morgan fingerprint density at radius 3 is 2.38 bits per heavy atom. The Balaban J connectivity index is 1.69. The van der Waals surface area contributed by atoms with Gasteiger partial charge in [-0.15, -0.1) is 0 Å². The van der Waals surface area contributed by atoms with Crippen LogP contribution < -0.4 is 15.5 Å². The van der Waals surface area contributed by atoms with Crippen molar-refractivity contribution in [1.29, 1.82) is 0 Å². The maximum Gasteiger partial charge on any atom is 0.321 e. The van der Waals surface area contributed by atoms with Gasteiger partial charge in [-0.05, 0) is 12.1 Å². The number of halogens is 1. The maximum absolute atomic E-state index is 13.8. The van der Waals surface area contributed by atoms with E-state index in [0.717, 1.165) is 0 Å². The Labute approximate surface area is 138 Å². The van der Waals surface area contributed by atoms with Crippen molar-refractivity contribution in [3.05, 3.63) is 30.1 Å². The van der Waals surface area contributed by atoms with Crippen molar-refractivity contribution in [2.45, 2.75) is 5.25 Å². The smallest absolute Gasteiger partial charge is 0.321 e. The molecule has 0 aliphatic carbocycles. The first-order valence-corrected chi connectivity index (χ1v) is 8.97. The lowest BCUT2D eigenvalue weighted by atomic mass is 10.2. The number of anilines is 1. The van der Waals surface area contributed by atoms with Crippen LogP contribution in [0.25, 0.3) is 0 Å². The van der Waals surface area contributed by atoms with E-state index in [1.54, 1.807) is 23.1 Å². The topological polar surface area (TPSA) is 98.8 Å². The fourth-order valence-corrected chi connectivity index (χ4v) is 4.48. The molecule has 130 valence electrons. The molecule has 24 heavy (non-hydrogen) atoms. The number of amides is 3. The minimum Gasteiger partial charge on any atom is -0.367 e. The van der Waals surface area contributed by atoms with Gasteiger partial charge >= 0.3 is 6.03 Å². The molecule has 10 heteroatoms. The van der Waals surface area contributed by atoms with Crippen LogP contribution in [0.2, 0.25) is 0 Å². The number of nitrogens with zero attached hydrogens (tertiary/aromatic N) is 2. The number of sulfonamides is 1. The summed E-state index contributed by atoms with van der Waals surface area (Å²) in [4.78, 5) is 24.6. The van der Waals surface area contributed by atoms with E-state index in [4.69, 9.17) is 0 Å². The predicted octanol–water partition coefficient (Wildman–Crippen LogP) is -0.514. The number of urea groups is 1. The van der Waals surface area contributed by atoms with Crippen molar-refractivity contribution in [2.75, 3.05) is 37.6 Å². The van der Waals surface area contributed by atoms with Crippen LogP contribution in [0.3, 0.4) is 0 Å². The van der Waals surface area contributed by atoms with Gasteiger partial charge in [0.15, 0.2) is 5.25 Å². The third-order valence-corrected chi connectivity index (χ3v) is 6.31. The van der Waals surface area contributed by atoms with Crippen molar-refractivity contribution < 1.29 is 22.4 Å². The van der Waals surface area contributed by atoms with Crippen LogP contribution in [-0.2, 0) is 14.8 Å². The predicted molar refractivity (Wildman–Crippen MR) is 84.4 cm³/mol. The zero-order chi connectivity index (χ0) is 17.3. The highest BCUT2D eigenvalue weighted by atomic mass is 32.2. The molecule has 2 aliphatic rings. The number of hydrogen-bond donors (Lipinski definition) is 2. The molecule has 2 N–H and O–H groups in total. The SMILES string of the molecule is O=C1NCC(S(=O)(=O)N2CCN(c3ccccc3F)CC2)C(=O)N1. The normalized spacial score (nSPS) is 22.9. The molecule has 0 saturated carbocycles. The second kappa shape index (κ2) is 6.36. The molecule has 0 radical (unpaired) electrons. The summed E-state index contributed by atoms with van der Waals surface area (Å²) in [6.45, 7) is 0.686. The van der Waals surface area contributed by atoms with E-state index in [0.29, 0.717) is 18.8 Å². The fraction of sp³-hybridized carbons (Fsp3) is 0.429. The van der Waals surface area contributed by atoms with Crippen LogP contribution in [0.1, 0.15) is 0 Å². The second-order valence-corrected chi connectivity index (χ2v) is 7.69. The number of hydrogen-bond acceptors (Lipinski definition) is 5. The first-order valence-electron chi connectivity index (χ1n) is 7.47. The van der Waals surface area contributed by atoms with Gasteiger partial charge in [-0.3, -0.25) is 10.1 Å². The summed E-state index contributed by atoms with van der Waals surface area (Å²) < 4.78 is 40.2. The number of carbonyl (C=O) groups excluding carboxylic acids is 2. The van der Waals surface area contributed by atoms with Gasteiger partial charge in [-0.2, -0.15) is 4.31 Å². The Kier molecular flexibility index (Phi) is 4.41. The molecular weight excluding hydrogens is 339 g/mol. The van der Waals surface area contributed by atoms with Crippen molar-refractivity contribution >= 4 is 27.6 Å². The quantitative estimate of drug-likeness (QED) is 0.760. The first kappa shape index (κ1) is 16.7. The van der Waals surface area contributed by atoms with Gasteiger partial charge in [0.2, 0.25) is 15.9 Å². The largest absolute Gasteiger partial charge is 0.367 e. The summed E-state index contributed by atoms with van der Waals surface area (Å²) >= 11 is 0. The highest BCUT2D eigenvalue weighted by Gasteiger charge is 2.41. The van der Waals surface area contributed by atoms with E-state index in [9.17, 15) is 22.4 Å². The van der Waals surface area contributed by atoms with Crippen molar-refractivity contribution in [1.82, 2.24) is 14.9 Å². The molecule has 8 nitrogen and oxygen atoms in total. The van der Waals surface area contributed by atoms with Crippen molar-refractivity contribution in [3.63, 3.8) is 0 Å². The van der Waals surface area contributed by atoms with Gasteiger partial charge < -0.3 is 10.2 Å². The van der Waals surface area contributed by atoms with E-state index in [2.05, 4.69) is 5.32 Å². The molecule has 1 aromatic carbocycles. The molecular formula is C14H17FN4O4S. The minimum absolute atomic E-state index is 0.147. The molecule has 3 rings (SSSR count). The Morgan fingerprint density at radius 2 is 1.75 bits per heavy atom. The van der Waals surface area contributed by atoms with Crippen LogP contribution in [0, 0.1) is 5.82 Å². The number of piperazine rings is 1. The molecule has 0 spiro atoms. The molecule has 1 unspecified atom stereocenters. The number of rotatable bonds is 3. The van der Waals surface area contributed by atoms with Crippen LogP contribution in [-0.4, -0.2) is 62.6 Å². The monoisotopic (exact) mass is 356 g/mol. The summed E-state index contributed by atoms with van der Waals surface area (Å²) in [7, 11) is -3.89. The molecule has 2 fully saturated rings. The van der Waals surface area contributed by atoms with Gasteiger partial charge in [0.05, 0.1) is 5.69 Å². The van der Waals surface area contributed by atoms with E-state index in [1.807, 2.05) is 5.32 Å². The van der Waals surface area contributed by atoms with E-state index >= 15 is 0 Å². The third kappa shape index (κ3) is 3.06. The zero-order valence-corrected chi connectivity index (χ0v) is 13.6. The number of nitrogens with one attached hydrogen (secondary N) is 2. The fourth-order valence-electron chi connectivity index (χ4n) is 2.83. The first-order chi connectivity index (χ1) is 11.4. The van der Waals surface area contributed by atoms with Gasteiger partial charge in [0.25, 0.3) is 0 Å². The summed E-state index contributed by atoms with van der Waals surface area (Å²) in [5.74, 6) is -1.18. The number of imide groups is 1. The Morgan fingerprint density at radius 1 is 1.08 bits per heavy atom. The lowest BCUT2D eigenvalue weighted by Crippen LogP contribution is -2.61. The van der Waals surface area contributed by atoms with Crippen LogP contribution in [0.15, 0.2) is 24.3 Å². The molecule has 2 heterocycles. The lowest BCUT2D eigenvalue weighted by Gasteiger charge is -2.37. The van der Waals surface area contributed by atoms with Gasteiger partial charge in [-0.1, -0.05) is 12.1 Å². The number of benzene rings is 1. The average Bonchev–Trinajstić information content (AvgIpc) is 2.55. The molecule has 1 atom stereocenters. The summed E-state index contributed by atoms with van der Waals surface area (Å²) in [6.07, 6.45) is 0. The Bertz CT molecular complexity index is 762. The molecule has 1 aromatic rings. The van der Waals surface area contributed by atoms with Crippen LogP contribution in [0.4, 0.5) is 14.9 Å². The summed E-state index contributed by atoms with van der Waals surface area (Å²) in [5.41, 5.74) is 0.428.